The number of rotatable bonds is 2. The van der Waals surface area contributed by atoms with Crippen LogP contribution in [-0.2, 0) is 10.0 Å². The molecule has 1 spiro atoms. The molecular weight excluding hydrogens is 236 g/mol. The summed E-state index contributed by atoms with van der Waals surface area (Å²) in [5.74, 6) is 0. The first-order valence-electron chi connectivity index (χ1n) is 6.82. The third-order valence-corrected chi connectivity index (χ3v) is 7.25. The largest absolute Gasteiger partial charge is 0.317 e. The minimum atomic E-state index is -2.96. The van der Waals surface area contributed by atoms with Crippen molar-refractivity contribution in [2.75, 3.05) is 26.2 Å². The molecule has 2 aliphatic heterocycles. The Morgan fingerprint density at radius 1 is 1.12 bits per heavy atom. The molecular formula is C12H22N2O2S. The molecule has 2 saturated heterocycles. The van der Waals surface area contributed by atoms with Crippen molar-refractivity contribution >= 4 is 10.0 Å². The Hall–Kier alpha value is -0.130. The molecule has 0 unspecified atom stereocenters. The van der Waals surface area contributed by atoms with Gasteiger partial charge in [-0.25, -0.2) is 12.7 Å². The van der Waals surface area contributed by atoms with Crippen LogP contribution in [0.5, 0.6) is 0 Å². The molecule has 1 N–H and O–H groups in total. The minimum Gasteiger partial charge on any atom is -0.317 e. The van der Waals surface area contributed by atoms with E-state index in [0.29, 0.717) is 5.41 Å². The van der Waals surface area contributed by atoms with Gasteiger partial charge in [0.1, 0.15) is 0 Å². The molecule has 0 bridgehead atoms. The fourth-order valence-corrected chi connectivity index (χ4v) is 5.51. The van der Waals surface area contributed by atoms with Crippen LogP contribution < -0.4 is 5.32 Å². The molecule has 2 heterocycles. The second-order valence-electron chi connectivity index (χ2n) is 5.93. The second kappa shape index (κ2) is 4.21. The number of hydrogen-bond donors (Lipinski definition) is 1. The first-order valence-corrected chi connectivity index (χ1v) is 8.33. The summed E-state index contributed by atoms with van der Waals surface area (Å²) < 4.78 is 26.5. The zero-order chi connectivity index (χ0) is 11.9. The minimum absolute atomic E-state index is 0.0561. The molecule has 0 radical (unpaired) electrons. The van der Waals surface area contributed by atoms with E-state index in [-0.39, 0.29) is 5.25 Å². The van der Waals surface area contributed by atoms with Crippen molar-refractivity contribution in [1.29, 1.82) is 0 Å². The summed E-state index contributed by atoms with van der Waals surface area (Å²) in [6, 6.07) is 0. The Labute approximate surface area is 104 Å². The average molecular weight is 258 g/mol. The number of sulfonamides is 1. The maximum absolute atomic E-state index is 12.4. The van der Waals surface area contributed by atoms with Gasteiger partial charge in [-0.2, -0.15) is 0 Å². The molecule has 4 nitrogen and oxygen atoms in total. The summed E-state index contributed by atoms with van der Waals surface area (Å²) in [7, 11) is -2.96. The van der Waals surface area contributed by atoms with Crippen molar-refractivity contribution in [3.8, 4) is 0 Å². The van der Waals surface area contributed by atoms with Crippen LogP contribution in [0.2, 0.25) is 0 Å². The lowest BCUT2D eigenvalue weighted by Crippen LogP contribution is -2.43. The van der Waals surface area contributed by atoms with Crippen molar-refractivity contribution in [2.24, 2.45) is 5.41 Å². The van der Waals surface area contributed by atoms with Gasteiger partial charge >= 0.3 is 0 Å². The molecule has 3 rings (SSSR count). The fourth-order valence-electron chi connectivity index (χ4n) is 3.36. The Morgan fingerprint density at radius 3 is 2.41 bits per heavy atom. The third-order valence-electron chi connectivity index (χ3n) is 4.90. The first kappa shape index (κ1) is 11.9. The highest BCUT2D eigenvalue weighted by Gasteiger charge is 2.45. The Kier molecular flexibility index (Phi) is 2.96. The monoisotopic (exact) mass is 258 g/mol. The van der Waals surface area contributed by atoms with Gasteiger partial charge in [-0.1, -0.05) is 6.42 Å². The predicted octanol–water partition coefficient (Wildman–Crippen LogP) is 0.944. The van der Waals surface area contributed by atoms with Gasteiger partial charge in [0.25, 0.3) is 0 Å². The molecule has 17 heavy (non-hydrogen) atoms. The van der Waals surface area contributed by atoms with Crippen molar-refractivity contribution in [3.05, 3.63) is 0 Å². The SMILES string of the molecule is O=S(=O)(C1CCC1)N1CCC2(CCNCC2)C1. The smallest absolute Gasteiger partial charge is 0.216 e. The van der Waals surface area contributed by atoms with Crippen LogP contribution in [0.3, 0.4) is 0 Å². The van der Waals surface area contributed by atoms with Gasteiger partial charge in [-0.3, -0.25) is 0 Å². The number of piperidine rings is 1. The van der Waals surface area contributed by atoms with Gasteiger partial charge in [0.05, 0.1) is 5.25 Å². The van der Waals surface area contributed by atoms with Crippen LogP contribution in [0.1, 0.15) is 38.5 Å². The van der Waals surface area contributed by atoms with E-state index in [1.165, 1.54) is 0 Å². The summed E-state index contributed by atoms with van der Waals surface area (Å²) >= 11 is 0. The van der Waals surface area contributed by atoms with Crippen molar-refractivity contribution < 1.29 is 8.42 Å². The topological polar surface area (TPSA) is 49.4 Å². The Morgan fingerprint density at radius 2 is 1.82 bits per heavy atom. The average Bonchev–Trinajstić information content (AvgIpc) is 2.61. The number of hydrogen-bond acceptors (Lipinski definition) is 3. The van der Waals surface area contributed by atoms with Crippen molar-refractivity contribution in [3.63, 3.8) is 0 Å². The van der Waals surface area contributed by atoms with Crippen molar-refractivity contribution in [2.45, 2.75) is 43.8 Å². The number of nitrogens with one attached hydrogen (secondary N) is 1. The molecule has 0 aromatic carbocycles. The van der Waals surface area contributed by atoms with E-state index in [1.54, 1.807) is 4.31 Å². The first-order chi connectivity index (χ1) is 8.12. The summed E-state index contributed by atoms with van der Waals surface area (Å²) in [6.45, 7) is 3.65. The maximum Gasteiger partial charge on any atom is 0.216 e. The van der Waals surface area contributed by atoms with E-state index < -0.39 is 10.0 Å². The molecule has 0 amide bonds. The fraction of sp³-hybridized carbons (Fsp3) is 1.00. The number of nitrogens with zero attached hydrogens (tertiary/aromatic N) is 1. The molecule has 5 heteroatoms. The maximum atomic E-state index is 12.4. The summed E-state index contributed by atoms with van der Waals surface area (Å²) in [5.41, 5.74) is 0.294. The molecule has 1 saturated carbocycles. The molecule has 1 aliphatic carbocycles. The highest BCUT2D eigenvalue weighted by molar-refractivity contribution is 7.89. The normalized spacial score (nSPS) is 30.6. The lowest BCUT2D eigenvalue weighted by Gasteiger charge is -2.35. The highest BCUT2D eigenvalue weighted by Crippen LogP contribution is 2.41. The standard InChI is InChI=1S/C12H22N2O2S/c15-17(16,11-2-1-3-11)14-9-6-12(10-14)4-7-13-8-5-12/h11,13H,1-10H2. The zero-order valence-electron chi connectivity index (χ0n) is 10.3. The van der Waals surface area contributed by atoms with Crippen LogP contribution in [0.25, 0.3) is 0 Å². The summed E-state index contributed by atoms with van der Waals surface area (Å²) in [4.78, 5) is 0. The van der Waals surface area contributed by atoms with Gasteiger partial charge in [0, 0.05) is 13.1 Å². The van der Waals surface area contributed by atoms with E-state index in [1.807, 2.05) is 0 Å². The quantitative estimate of drug-likeness (QED) is 0.802. The second-order valence-corrected chi connectivity index (χ2v) is 8.14. The highest BCUT2D eigenvalue weighted by atomic mass is 32.2. The van der Waals surface area contributed by atoms with Crippen LogP contribution in [0.15, 0.2) is 0 Å². The van der Waals surface area contributed by atoms with Gasteiger partial charge in [0.2, 0.25) is 10.0 Å². The van der Waals surface area contributed by atoms with Crippen LogP contribution in [-0.4, -0.2) is 44.2 Å². The van der Waals surface area contributed by atoms with E-state index in [4.69, 9.17) is 0 Å². The van der Waals surface area contributed by atoms with Gasteiger partial charge < -0.3 is 5.32 Å². The molecule has 0 aromatic heterocycles. The van der Waals surface area contributed by atoms with E-state index in [0.717, 1.165) is 64.7 Å². The summed E-state index contributed by atoms with van der Waals surface area (Å²) in [5, 5.41) is 3.31. The van der Waals surface area contributed by atoms with Crippen LogP contribution in [0.4, 0.5) is 0 Å². The van der Waals surface area contributed by atoms with Gasteiger partial charge in [-0.15, -0.1) is 0 Å². The Balaban J connectivity index is 1.70. The zero-order valence-corrected chi connectivity index (χ0v) is 11.1. The molecule has 0 atom stereocenters. The van der Waals surface area contributed by atoms with E-state index >= 15 is 0 Å². The predicted molar refractivity (Wildman–Crippen MR) is 67.3 cm³/mol. The Bertz CT molecular complexity index is 383. The molecule has 3 aliphatic rings. The molecule has 3 fully saturated rings. The molecule has 0 aromatic rings. The van der Waals surface area contributed by atoms with Gasteiger partial charge in [0.15, 0.2) is 0 Å². The van der Waals surface area contributed by atoms with Crippen molar-refractivity contribution in [1.82, 2.24) is 9.62 Å². The third kappa shape index (κ3) is 2.02. The summed E-state index contributed by atoms with van der Waals surface area (Å²) in [6.07, 6.45) is 6.21. The van der Waals surface area contributed by atoms with Crippen LogP contribution in [0, 0.1) is 5.41 Å². The van der Waals surface area contributed by atoms with Crippen LogP contribution >= 0.6 is 0 Å². The molecule has 98 valence electrons. The van der Waals surface area contributed by atoms with E-state index in [2.05, 4.69) is 5.32 Å². The van der Waals surface area contributed by atoms with Gasteiger partial charge in [-0.05, 0) is 50.6 Å². The lowest BCUT2D eigenvalue weighted by atomic mass is 9.78. The lowest BCUT2D eigenvalue weighted by molar-refractivity contribution is 0.217. The van der Waals surface area contributed by atoms with E-state index in [9.17, 15) is 8.42 Å².